The van der Waals surface area contributed by atoms with E-state index < -0.39 is 136 Å². The summed E-state index contributed by atoms with van der Waals surface area (Å²) in [7, 11) is -13.3. The first-order valence-electron chi connectivity index (χ1n) is 26.3. The highest BCUT2D eigenvalue weighted by molar-refractivity contribution is 7.87. The van der Waals surface area contributed by atoms with Crippen molar-refractivity contribution in [2.75, 3.05) is 13.2 Å². The first kappa shape index (κ1) is 62.9. The molecule has 0 amide bonds. The predicted molar refractivity (Wildman–Crippen MR) is 249 cm³/mol. The van der Waals surface area contributed by atoms with E-state index in [1.54, 1.807) is 13.8 Å². The van der Waals surface area contributed by atoms with Crippen LogP contribution in [0, 0.1) is 50.7 Å². The molecular weight excluding hydrogens is 1040 g/mol. The van der Waals surface area contributed by atoms with Crippen molar-refractivity contribution in [1.29, 1.82) is 0 Å². The molecule has 24 heteroatoms. The van der Waals surface area contributed by atoms with E-state index in [-0.39, 0.29) is 30.6 Å². The second kappa shape index (κ2) is 20.3. The van der Waals surface area contributed by atoms with Crippen molar-refractivity contribution in [3.63, 3.8) is 0 Å². The van der Waals surface area contributed by atoms with E-state index in [9.17, 15) is 91.1 Å². The van der Waals surface area contributed by atoms with E-state index in [0.29, 0.717) is 103 Å². The first-order chi connectivity index (χ1) is 33.6. The Labute approximate surface area is 430 Å². The number of carbonyl (C=O) groups excluding carboxylic acids is 2. The van der Waals surface area contributed by atoms with E-state index >= 15 is 0 Å². The van der Waals surface area contributed by atoms with Gasteiger partial charge in [-0.3, -0.25) is 9.59 Å². The molecule has 0 spiro atoms. The van der Waals surface area contributed by atoms with Crippen LogP contribution in [0.3, 0.4) is 0 Å². The van der Waals surface area contributed by atoms with Crippen LogP contribution in [-0.2, 0) is 39.3 Å². The maximum absolute atomic E-state index is 13.9. The summed E-state index contributed by atoms with van der Waals surface area (Å²) in [6, 6.07) is 0. The fourth-order valence-corrected chi connectivity index (χ4v) is 17.8. The Balaban J connectivity index is 0.000000274. The summed E-state index contributed by atoms with van der Waals surface area (Å²) in [5.41, 5.74) is -8.78. The lowest BCUT2D eigenvalue weighted by Gasteiger charge is -2.71. The molecule has 0 aromatic heterocycles. The minimum Gasteiger partial charge on any atom is -0.743 e. The summed E-state index contributed by atoms with van der Waals surface area (Å²) >= 11 is 0. The zero-order chi connectivity index (χ0) is 56.6. The first-order valence-corrected chi connectivity index (χ1v) is 29.1. The number of alkyl halides is 8. The van der Waals surface area contributed by atoms with Crippen LogP contribution in [-0.4, -0.2) is 116 Å². The SMILES string of the molecule is CCC(O)(CC)C12CC3CC(C(=O)OCCC(F)(F)C(F)(F)S(=O)(=O)[O-])(C1)CC(C(O)(CC)CC)(C3)C2.CCC(O)(CC)C12CC3CC(C1)C(C(=O)OCCC(F)(F)C(F)(F)S(=O)(=O)[O-])C(C(O)(CC)CC)(C3)C2. The van der Waals surface area contributed by atoms with Crippen molar-refractivity contribution in [1.82, 2.24) is 0 Å². The van der Waals surface area contributed by atoms with Crippen molar-refractivity contribution >= 4 is 32.2 Å². The molecule has 4 N–H and O–H groups in total. The molecule has 8 rings (SSSR count). The number of esters is 2. The number of aliphatic hydroxyl groups is 4. The molecule has 0 heterocycles. The van der Waals surface area contributed by atoms with Crippen LogP contribution < -0.4 is 0 Å². The fraction of sp³-hybridized carbons (Fsp3) is 0.960. The van der Waals surface area contributed by atoms with Gasteiger partial charge in [0.2, 0.25) is 0 Å². The van der Waals surface area contributed by atoms with Gasteiger partial charge >= 0.3 is 34.3 Å². The number of carbonyl (C=O) groups is 2. The smallest absolute Gasteiger partial charge is 0.396 e. The number of hydrogen-bond acceptors (Lipinski definition) is 14. The summed E-state index contributed by atoms with van der Waals surface area (Å²) in [6.45, 7) is 12.4. The van der Waals surface area contributed by atoms with Gasteiger partial charge in [-0.15, -0.1) is 0 Å². The van der Waals surface area contributed by atoms with Crippen molar-refractivity contribution in [3.05, 3.63) is 0 Å². The highest BCUT2D eigenvalue weighted by Crippen LogP contribution is 2.77. The molecule has 14 nitrogen and oxygen atoms in total. The molecule has 8 saturated carbocycles. The van der Waals surface area contributed by atoms with Crippen LogP contribution in [0.25, 0.3) is 0 Å². The summed E-state index contributed by atoms with van der Waals surface area (Å²) in [5, 5.41) is 35.4. The third-order valence-electron chi connectivity index (χ3n) is 20.5. The average Bonchev–Trinajstić information content (AvgIpc) is 3.31. The van der Waals surface area contributed by atoms with Gasteiger partial charge in [-0.25, -0.2) is 16.8 Å². The zero-order valence-electron chi connectivity index (χ0n) is 43.8. The number of ether oxygens (including phenoxy) is 2. The number of rotatable bonds is 24. The monoisotopic (exact) mass is 1120 g/mol. The molecule has 7 unspecified atom stereocenters. The molecule has 0 aromatic rings. The van der Waals surface area contributed by atoms with Gasteiger partial charge in [0.15, 0.2) is 20.2 Å². The molecule has 74 heavy (non-hydrogen) atoms. The Hall–Kier alpha value is -1.96. The summed E-state index contributed by atoms with van der Waals surface area (Å²) in [5.74, 6) is -13.3. The molecule has 8 aliphatic carbocycles. The summed E-state index contributed by atoms with van der Waals surface area (Å²) in [4.78, 5) is 27.0. The molecule has 8 aliphatic rings. The van der Waals surface area contributed by atoms with E-state index in [1.807, 2.05) is 41.5 Å². The molecular formula is C50H78F8O14S2-2. The molecule has 8 fully saturated rings. The largest absolute Gasteiger partial charge is 0.743 e. The van der Waals surface area contributed by atoms with Crippen LogP contribution in [0.15, 0.2) is 0 Å². The number of halogens is 8. The molecule has 0 saturated heterocycles. The van der Waals surface area contributed by atoms with Gasteiger partial charge in [-0.1, -0.05) is 55.4 Å². The van der Waals surface area contributed by atoms with Gasteiger partial charge in [0, 0.05) is 21.7 Å². The minimum atomic E-state index is -6.64. The van der Waals surface area contributed by atoms with Gasteiger partial charge in [0.05, 0.1) is 59.8 Å². The highest BCUT2D eigenvalue weighted by Gasteiger charge is 2.75. The molecule has 0 aromatic carbocycles. The van der Waals surface area contributed by atoms with E-state index in [0.717, 1.165) is 6.42 Å². The average molecular weight is 1120 g/mol. The second-order valence-corrected chi connectivity index (χ2v) is 26.4. The van der Waals surface area contributed by atoms with Gasteiger partial charge in [0.1, 0.15) is 0 Å². The normalized spacial score (nSPS) is 32.6. The second-order valence-electron chi connectivity index (χ2n) is 23.5. The van der Waals surface area contributed by atoms with Crippen molar-refractivity contribution in [2.45, 2.75) is 235 Å². The molecule has 432 valence electrons. The molecule has 0 radical (unpaired) electrons. The lowest BCUT2D eigenvalue weighted by atomic mass is 9.33. The van der Waals surface area contributed by atoms with E-state index in [2.05, 4.69) is 0 Å². The number of hydrogen-bond donors (Lipinski definition) is 4. The maximum Gasteiger partial charge on any atom is 0.396 e. The Bertz CT molecular complexity index is 2250. The van der Waals surface area contributed by atoms with Gasteiger partial charge in [0.25, 0.3) is 0 Å². The molecule has 0 aliphatic heterocycles. The molecule has 8 bridgehead atoms. The van der Waals surface area contributed by atoms with E-state index in [1.165, 1.54) is 0 Å². The topological polar surface area (TPSA) is 248 Å². The quantitative estimate of drug-likeness (QED) is 0.0400. The highest BCUT2D eigenvalue weighted by atomic mass is 32.2. The van der Waals surface area contributed by atoms with Crippen LogP contribution in [0.1, 0.15) is 190 Å². The molecule has 7 atom stereocenters. The Kier molecular flexibility index (Phi) is 17.2. The van der Waals surface area contributed by atoms with Crippen molar-refractivity contribution < 1.29 is 101 Å². The van der Waals surface area contributed by atoms with Crippen LogP contribution in [0.4, 0.5) is 35.1 Å². The maximum atomic E-state index is 13.9. The van der Waals surface area contributed by atoms with Gasteiger partial charge in [-0.2, -0.15) is 35.1 Å². The van der Waals surface area contributed by atoms with Gasteiger partial charge in [-0.05, 0) is 140 Å². The van der Waals surface area contributed by atoms with Crippen LogP contribution in [0.2, 0.25) is 0 Å². The van der Waals surface area contributed by atoms with Crippen molar-refractivity contribution in [3.8, 4) is 0 Å². The Morgan fingerprint density at radius 3 is 1.28 bits per heavy atom. The third-order valence-corrected chi connectivity index (χ3v) is 22.3. The Morgan fingerprint density at radius 1 is 0.514 bits per heavy atom. The summed E-state index contributed by atoms with van der Waals surface area (Å²) in [6.07, 6.45) is 4.95. The standard InChI is InChI=1S/2C25H40F4O7S/c1-5-22(31,6-2)20-12-17-11-19(14-20,15-21(13-17,16-20)23(32,7-3)8-4)18(30)36-10-9-24(26,27)25(28,29)37(33,34)35;1-5-22(31,6-2)20-12-16-11-17(14-20)18(21(13-16,15-20)23(32,7-3)8-4)19(30)36-10-9-24(26,27)25(28,29)37(33,34)35/h17,31-32H,5-16H2,1-4H3,(H,33,34,35);16-18,31-32H,5-15H2,1-4H3,(H,33,34,35)/p-2. The lowest BCUT2D eigenvalue weighted by molar-refractivity contribution is -0.281. The van der Waals surface area contributed by atoms with Crippen molar-refractivity contribution in [2.24, 2.45) is 50.7 Å². The Morgan fingerprint density at radius 2 is 0.892 bits per heavy atom. The summed E-state index contributed by atoms with van der Waals surface area (Å²) < 4.78 is 184. The van der Waals surface area contributed by atoms with E-state index in [4.69, 9.17) is 9.47 Å². The lowest BCUT2D eigenvalue weighted by Crippen LogP contribution is -2.71. The third kappa shape index (κ3) is 9.65. The van der Waals surface area contributed by atoms with Gasteiger partial charge < -0.3 is 39.0 Å². The minimum absolute atomic E-state index is 0.0329. The zero-order valence-corrected chi connectivity index (χ0v) is 45.4. The van der Waals surface area contributed by atoms with Crippen LogP contribution >= 0.6 is 0 Å². The predicted octanol–water partition coefficient (Wildman–Crippen LogP) is 9.36. The fourth-order valence-electron chi connectivity index (χ4n) is 16.9. The van der Waals surface area contributed by atoms with Crippen LogP contribution in [0.5, 0.6) is 0 Å².